The van der Waals surface area contributed by atoms with Crippen LogP contribution in [-0.2, 0) is 19.1 Å². The molecule has 1 N–H and O–H groups in total. The lowest BCUT2D eigenvalue weighted by molar-refractivity contribution is -0.161. The molecule has 0 aromatic carbocycles. The van der Waals surface area contributed by atoms with Gasteiger partial charge in [-0.3, -0.25) is 9.59 Å². The fourth-order valence-electron chi connectivity index (χ4n) is 9.43. The van der Waals surface area contributed by atoms with Gasteiger partial charge in [-0.2, -0.15) is 0 Å². The quantitative estimate of drug-likeness (QED) is 0.0373. The van der Waals surface area contributed by atoms with Gasteiger partial charge in [-0.05, 0) is 141 Å². The van der Waals surface area contributed by atoms with Gasteiger partial charge in [0.1, 0.15) is 6.61 Å². The molecule has 1 atom stereocenters. The topological polar surface area (TPSA) is 72.8 Å². The van der Waals surface area contributed by atoms with E-state index in [4.69, 9.17) is 9.47 Å². The maximum atomic E-state index is 12.3. The van der Waals surface area contributed by atoms with Crippen LogP contribution in [0.1, 0.15) is 296 Å². The molecule has 0 saturated carbocycles. The highest BCUT2D eigenvalue weighted by molar-refractivity contribution is 5.70. The minimum atomic E-state index is -0.810. The summed E-state index contributed by atoms with van der Waals surface area (Å²) in [5, 5.41) is 9.70. The van der Waals surface area contributed by atoms with E-state index in [2.05, 4.69) is 196 Å². The average molecular weight is 1180 g/mol. The number of esters is 2. The first-order valence-electron chi connectivity index (χ1n) is 35.3. The van der Waals surface area contributed by atoms with E-state index in [0.29, 0.717) is 12.8 Å². The molecule has 0 aromatic rings. The average Bonchev–Trinajstić information content (AvgIpc) is 3.55. The number of aliphatic hydroxyl groups is 1. The van der Waals surface area contributed by atoms with Gasteiger partial charge in [0.2, 0.25) is 0 Å². The lowest BCUT2D eigenvalue weighted by Crippen LogP contribution is -2.28. The minimum Gasteiger partial charge on any atom is -0.462 e. The summed E-state index contributed by atoms with van der Waals surface area (Å²) in [5.74, 6) is -0.646. The molecule has 0 aliphatic rings. The number of carbonyl (C=O) groups is 2. The number of unbranched alkanes of at least 4 members (excludes halogenated alkanes) is 25. The van der Waals surface area contributed by atoms with E-state index in [1.165, 1.54) is 141 Å². The highest BCUT2D eigenvalue weighted by Gasteiger charge is 2.16. The van der Waals surface area contributed by atoms with Crippen molar-refractivity contribution in [3.63, 3.8) is 0 Å². The van der Waals surface area contributed by atoms with Crippen LogP contribution in [-0.4, -0.2) is 36.4 Å². The Balaban J connectivity index is 3.62. The first-order chi connectivity index (χ1) is 42.6. The summed E-state index contributed by atoms with van der Waals surface area (Å²) >= 11 is 0. The Morgan fingerprint density at radius 3 is 0.779 bits per heavy atom. The Hall–Kier alpha value is -5.00. The normalized spacial score (nSPS) is 13.4. The van der Waals surface area contributed by atoms with Crippen LogP contribution in [0.3, 0.4) is 0 Å². The van der Waals surface area contributed by atoms with Crippen molar-refractivity contribution in [2.45, 2.75) is 302 Å². The highest BCUT2D eigenvalue weighted by Crippen LogP contribution is 2.16. The zero-order valence-electron chi connectivity index (χ0n) is 55.5. The predicted octanol–water partition coefficient (Wildman–Crippen LogP) is 25.0. The third-order valence-electron chi connectivity index (χ3n) is 14.7. The molecule has 0 radical (unpaired) electrons. The fourth-order valence-corrected chi connectivity index (χ4v) is 9.43. The first-order valence-corrected chi connectivity index (χ1v) is 35.3. The molecule has 0 fully saturated rings. The number of aliphatic hydroxyl groups excluding tert-OH is 1. The molecule has 0 aromatic heterocycles. The Morgan fingerprint density at radius 2 is 0.500 bits per heavy atom. The second-order valence-corrected chi connectivity index (χ2v) is 22.9. The van der Waals surface area contributed by atoms with Gasteiger partial charge in [0.25, 0.3) is 0 Å². The lowest BCUT2D eigenvalue weighted by Gasteiger charge is -2.15. The number of rotatable bonds is 63. The summed E-state index contributed by atoms with van der Waals surface area (Å²) in [6, 6.07) is 0. The number of allylic oxidation sites excluding steroid dienone is 30. The van der Waals surface area contributed by atoms with Crippen molar-refractivity contribution >= 4 is 11.9 Å². The van der Waals surface area contributed by atoms with Crippen LogP contribution >= 0.6 is 0 Å². The molecule has 0 amide bonds. The SMILES string of the molecule is CC/C=C\C/C=C\C/C=C\C/C=C\C/C=C\C/C=C\C/C=C\C/C=C\C/C=C\C/C=C\C/C=C\C/C=C\CCCCC(=O)OC(CO)COC(=O)CCCCCCCCCCCCCCCCCCCC/C=C\C/C=C\C/C=C\CCCCCCC. The predicted molar refractivity (Wildman–Crippen MR) is 380 cm³/mol. The number of hydrogen-bond donors (Lipinski definition) is 1. The third kappa shape index (κ3) is 71.5. The molecule has 0 rings (SSSR count). The second kappa shape index (κ2) is 74.3. The Labute approximate surface area is 531 Å². The van der Waals surface area contributed by atoms with Gasteiger partial charge in [0.15, 0.2) is 6.10 Å². The van der Waals surface area contributed by atoms with Gasteiger partial charge in [-0.15, -0.1) is 0 Å². The van der Waals surface area contributed by atoms with Gasteiger partial charge in [-0.1, -0.05) is 325 Å². The van der Waals surface area contributed by atoms with Crippen LogP contribution in [0.25, 0.3) is 0 Å². The van der Waals surface area contributed by atoms with E-state index in [1.807, 2.05) is 0 Å². The number of carbonyl (C=O) groups excluding carboxylic acids is 2. The number of hydrogen-bond acceptors (Lipinski definition) is 5. The smallest absolute Gasteiger partial charge is 0.306 e. The molecule has 5 heteroatoms. The third-order valence-corrected chi connectivity index (χ3v) is 14.7. The molecule has 0 spiro atoms. The maximum absolute atomic E-state index is 12.3. The molecule has 484 valence electrons. The van der Waals surface area contributed by atoms with E-state index < -0.39 is 6.10 Å². The van der Waals surface area contributed by atoms with Crippen molar-refractivity contribution in [1.82, 2.24) is 0 Å². The van der Waals surface area contributed by atoms with E-state index >= 15 is 0 Å². The summed E-state index contributed by atoms with van der Waals surface area (Å²) in [5.41, 5.74) is 0. The van der Waals surface area contributed by atoms with Crippen molar-refractivity contribution in [1.29, 1.82) is 0 Å². The van der Waals surface area contributed by atoms with Crippen molar-refractivity contribution in [3.05, 3.63) is 182 Å². The van der Waals surface area contributed by atoms with Crippen molar-refractivity contribution < 1.29 is 24.2 Å². The number of ether oxygens (including phenoxy) is 2. The molecular weight excluding hydrogens is 1050 g/mol. The Kier molecular flexibility index (Phi) is 69.9. The van der Waals surface area contributed by atoms with Crippen molar-refractivity contribution in [2.24, 2.45) is 0 Å². The molecule has 5 nitrogen and oxygen atoms in total. The zero-order chi connectivity index (χ0) is 61.9. The van der Waals surface area contributed by atoms with Gasteiger partial charge < -0.3 is 14.6 Å². The summed E-state index contributed by atoms with van der Waals surface area (Å²) in [6.07, 6.45) is 116. The monoisotopic (exact) mass is 1180 g/mol. The standard InChI is InChI=1S/C81H130O5/c1-3-5-7-9-11-13-15-17-19-21-23-25-27-29-31-33-35-37-38-39-40-41-42-44-46-48-50-52-54-56-58-60-62-64-66-68-70-72-74-76-81(84)86-79(77-82)78-85-80(83)75-73-71-69-67-65-63-61-59-57-55-53-51-49-47-45-43-36-34-32-30-28-26-24-22-20-18-16-14-12-10-8-6-4-2/h5,7,11,13,16-19,22-25,28-31,35,37,39-40,42,44,48,50,54,56,60,62,66,68,79,82H,3-4,6,8-10,12,14-15,20-21,26-27,32-34,36,38,41,43,45-47,49,51-53,55,57-59,61,63-65,67,69-78H2,1-2H3/b7-5-,13-11-,18-16-,19-17-,24-22-,25-23-,30-28-,31-29-,37-35-,40-39-,44-42-,50-48-,56-54-,62-60-,68-66-. The van der Waals surface area contributed by atoms with Gasteiger partial charge in [0.05, 0.1) is 6.61 Å². The van der Waals surface area contributed by atoms with E-state index in [9.17, 15) is 14.7 Å². The summed E-state index contributed by atoms with van der Waals surface area (Å²) < 4.78 is 10.7. The van der Waals surface area contributed by atoms with Crippen LogP contribution in [0.2, 0.25) is 0 Å². The van der Waals surface area contributed by atoms with Gasteiger partial charge in [0, 0.05) is 12.8 Å². The van der Waals surface area contributed by atoms with Gasteiger partial charge >= 0.3 is 11.9 Å². The van der Waals surface area contributed by atoms with Crippen LogP contribution in [0.5, 0.6) is 0 Å². The second-order valence-electron chi connectivity index (χ2n) is 22.9. The summed E-state index contributed by atoms with van der Waals surface area (Å²) in [4.78, 5) is 24.6. The van der Waals surface area contributed by atoms with Crippen LogP contribution in [0, 0.1) is 0 Å². The zero-order valence-corrected chi connectivity index (χ0v) is 55.5. The molecule has 0 aliphatic heterocycles. The molecule has 0 heterocycles. The maximum Gasteiger partial charge on any atom is 0.306 e. The van der Waals surface area contributed by atoms with E-state index in [1.54, 1.807) is 0 Å². The van der Waals surface area contributed by atoms with Crippen molar-refractivity contribution in [3.8, 4) is 0 Å². The lowest BCUT2D eigenvalue weighted by atomic mass is 10.0. The highest BCUT2D eigenvalue weighted by atomic mass is 16.6. The Morgan fingerprint density at radius 1 is 0.279 bits per heavy atom. The fraction of sp³-hybridized carbons (Fsp3) is 0.605. The van der Waals surface area contributed by atoms with Crippen molar-refractivity contribution in [2.75, 3.05) is 13.2 Å². The van der Waals surface area contributed by atoms with Crippen LogP contribution in [0.4, 0.5) is 0 Å². The van der Waals surface area contributed by atoms with E-state index in [-0.39, 0.29) is 31.6 Å². The Bertz CT molecular complexity index is 1920. The molecule has 0 aliphatic carbocycles. The summed E-state index contributed by atoms with van der Waals surface area (Å²) in [6.45, 7) is 3.99. The van der Waals surface area contributed by atoms with E-state index in [0.717, 1.165) is 122 Å². The van der Waals surface area contributed by atoms with Crippen LogP contribution < -0.4 is 0 Å². The molecule has 0 saturated heterocycles. The summed E-state index contributed by atoms with van der Waals surface area (Å²) in [7, 11) is 0. The largest absolute Gasteiger partial charge is 0.462 e. The van der Waals surface area contributed by atoms with Crippen LogP contribution in [0.15, 0.2) is 182 Å². The molecule has 0 bridgehead atoms. The molecule has 1 unspecified atom stereocenters. The molecular formula is C81H130O5. The first kappa shape index (κ1) is 81.0. The molecule has 86 heavy (non-hydrogen) atoms. The minimum absolute atomic E-state index is 0.0929. The van der Waals surface area contributed by atoms with Gasteiger partial charge in [-0.25, -0.2) is 0 Å².